The molecular formula is C14H17BrN2O3. The van der Waals surface area contributed by atoms with Gasteiger partial charge in [-0.25, -0.2) is 0 Å². The second-order valence-electron chi connectivity index (χ2n) is 5.17. The molecule has 0 N–H and O–H groups in total. The largest absolute Gasteiger partial charge is 0.338 e. The first kappa shape index (κ1) is 15.0. The van der Waals surface area contributed by atoms with Crippen LogP contribution in [0.2, 0.25) is 0 Å². The van der Waals surface area contributed by atoms with Crippen molar-refractivity contribution in [1.29, 1.82) is 0 Å². The Balaban J connectivity index is 2.24. The Hall–Kier alpha value is -1.43. The Kier molecular flexibility index (Phi) is 4.75. The summed E-state index contributed by atoms with van der Waals surface area (Å²) in [6, 6.07) is 4.45. The monoisotopic (exact) mass is 340 g/mol. The van der Waals surface area contributed by atoms with E-state index in [9.17, 15) is 14.9 Å². The topological polar surface area (TPSA) is 63.5 Å². The van der Waals surface area contributed by atoms with Gasteiger partial charge in [-0.15, -0.1) is 0 Å². The van der Waals surface area contributed by atoms with Crippen LogP contribution in [-0.4, -0.2) is 34.2 Å². The van der Waals surface area contributed by atoms with Gasteiger partial charge in [0.05, 0.1) is 4.92 Å². The van der Waals surface area contributed by atoms with E-state index in [1.54, 1.807) is 6.07 Å². The molecule has 0 aliphatic carbocycles. The van der Waals surface area contributed by atoms with Crippen molar-refractivity contribution in [1.82, 2.24) is 4.90 Å². The smallest absolute Gasteiger partial charge is 0.270 e. The number of halogens is 1. The predicted octanol–water partition coefficient (Wildman–Crippen LogP) is 3.15. The highest BCUT2D eigenvalue weighted by atomic mass is 79.9. The second kappa shape index (κ2) is 6.35. The number of non-ortho nitro benzene ring substituents is 1. The highest BCUT2D eigenvalue weighted by Crippen LogP contribution is 2.23. The fourth-order valence-corrected chi connectivity index (χ4v) is 3.03. The zero-order valence-electron chi connectivity index (χ0n) is 11.3. The van der Waals surface area contributed by atoms with Crippen molar-refractivity contribution >= 4 is 27.5 Å². The molecule has 1 atom stereocenters. The van der Waals surface area contributed by atoms with Gasteiger partial charge in [-0.05, 0) is 31.2 Å². The summed E-state index contributed by atoms with van der Waals surface area (Å²) in [6.07, 6.45) is 2.10. The second-order valence-corrected chi connectivity index (χ2v) is 5.82. The number of nitro benzene ring substituents is 1. The van der Waals surface area contributed by atoms with Gasteiger partial charge >= 0.3 is 0 Å². The molecule has 0 radical (unpaired) electrons. The Morgan fingerprint density at radius 1 is 1.55 bits per heavy atom. The number of nitrogens with zero attached hydrogens (tertiary/aromatic N) is 2. The van der Waals surface area contributed by atoms with Crippen LogP contribution in [0.4, 0.5) is 5.69 Å². The Morgan fingerprint density at radius 3 is 2.95 bits per heavy atom. The quantitative estimate of drug-likeness (QED) is 0.482. The minimum atomic E-state index is -0.465. The molecule has 20 heavy (non-hydrogen) atoms. The molecule has 1 aromatic carbocycles. The van der Waals surface area contributed by atoms with Gasteiger partial charge < -0.3 is 4.90 Å². The van der Waals surface area contributed by atoms with E-state index in [0.29, 0.717) is 18.0 Å². The number of amides is 1. The van der Waals surface area contributed by atoms with Crippen LogP contribution in [0.1, 0.15) is 28.8 Å². The van der Waals surface area contributed by atoms with Gasteiger partial charge in [-0.1, -0.05) is 22.0 Å². The van der Waals surface area contributed by atoms with Crippen molar-refractivity contribution in [3.63, 3.8) is 0 Å². The van der Waals surface area contributed by atoms with Crippen LogP contribution in [0.25, 0.3) is 0 Å². The van der Waals surface area contributed by atoms with Crippen molar-refractivity contribution in [3.8, 4) is 0 Å². The summed E-state index contributed by atoms with van der Waals surface area (Å²) in [5.74, 6) is 0.364. The van der Waals surface area contributed by atoms with E-state index in [0.717, 1.165) is 30.3 Å². The molecular weight excluding hydrogens is 324 g/mol. The van der Waals surface area contributed by atoms with E-state index < -0.39 is 4.92 Å². The molecule has 1 amide bonds. The molecule has 1 unspecified atom stereocenters. The lowest BCUT2D eigenvalue weighted by molar-refractivity contribution is -0.384. The average molecular weight is 341 g/mol. The molecule has 0 bridgehead atoms. The number of likely N-dealkylation sites (tertiary alicyclic amines) is 1. The fourth-order valence-electron chi connectivity index (χ4n) is 2.50. The van der Waals surface area contributed by atoms with Gasteiger partial charge in [0, 0.05) is 36.1 Å². The number of carbonyl (C=O) groups is 1. The minimum Gasteiger partial charge on any atom is -0.338 e. The van der Waals surface area contributed by atoms with Crippen LogP contribution in [0.15, 0.2) is 18.2 Å². The molecule has 1 saturated heterocycles. The first-order valence-electron chi connectivity index (χ1n) is 6.63. The third-order valence-electron chi connectivity index (χ3n) is 3.69. The molecule has 1 aliphatic heterocycles. The summed E-state index contributed by atoms with van der Waals surface area (Å²) in [6.45, 7) is 3.25. The summed E-state index contributed by atoms with van der Waals surface area (Å²) >= 11 is 3.46. The summed E-state index contributed by atoms with van der Waals surface area (Å²) < 4.78 is 0. The van der Waals surface area contributed by atoms with Gasteiger partial charge in [0.15, 0.2) is 0 Å². The lowest BCUT2D eigenvalue weighted by atomic mass is 9.98. The number of hydrogen-bond acceptors (Lipinski definition) is 3. The number of piperidine rings is 1. The van der Waals surface area contributed by atoms with Crippen LogP contribution in [0.3, 0.4) is 0 Å². The Bertz CT molecular complexity index is 533. The molecule has 1 aromatic rings. The molecule has 0 aromatic heterocycles. The highest BCUT2D eigenvalue weighted by Gasteiger charge is 2.25. The maximum absolute atomic E-state index is 12.5. The van der Waals surface area contributed by atoms with E-state index >= 15 is 0 Å². The van der Waals surface area contributed by atoms with Crippen LogP contribution >= 0.6 is 15.9 Å². The number of nitro groups is 1. The van der Waals surface area contributed by atoms with Crippen LogP contribution < -0.4 is 0 Å². The first-order valence-corrected chi connectivity index (χ1v) is 7.75. The number of aryl methyl sites for hydroxylation is 1. The standard InChI is InChI=1S/C14H17BrN2O3/c1-10-4-5-12(17(19)20)7-13(10)14(18)16-6-2-3-11(8-15)9-16/h4-5,7,11H,2-3,6,8-9H2,1H3. The molecule has 1 aliphatic rings. The molecule has 5 nitrogen and oxygen atoms in total. The number of hydrogen-bond donors (Lipinski definition) is 0. The molecule has 0 spiro atoms. The maximum Gasteiger partial charge on any atom is 0.270 e. The molecule has 1 heterocycles. The Morgan fingerprint density at radius 2 is 2.30 bits per heavy atom. The summed E-state index contributed by atoms with van der Waals surface area (Å²) in [4.78, 5) is 24.7. The number of alkyl halides is 1. The Labute approximate surface area is 126 Å². The fraction of sp³-hybridized carbons (Fsp3) is 0.500. The third kappa shape index (κ3) is 3.17. The average Bonchev–Trinajstić information content (AvgIpc) is 2.46. The summed E-state index contributed by atoms with van der Waals surface area (Å²) in [5.41, 5.74) is 1.18. The minimum absolute atomic E-state index is 0.0343. The van der Waals surface area contributed by atoms with Crippen molar-refractivity contribution in [2.75, 3.05) is 18.4 Å². The molecule has 2 rings (SSSR count). The zero-order valence-corrected chi connectivity index (χ0v) is 12.9. The van der Waals surface area contributed by atoms with Gasteiger partial charge in [0.25, 0.3) is 11.6 Å². The molecule has 108 valence electrons. The number of benzene rings is 1. The van der Waals surface area contributed by atoms with Gasteiger partial charge in [-0.2, -0.15) is 0 Å². The van der Waals surface area contributed by atoms with Crippen LogP contribution in [0.5, 0.6) is 0 Å². The highest BCUT2D eigenvalue weighted by molar-refractivity contribution is 9.09. The lowest BCUT2D eigenvalue weighted by Gasteiger charge is -2.32. The normalized spacial score (nSPS) is 18.9. The molecule has 0 saturated carbocycles. The van der Waals surface area contributed by atoms with Crippen molar-refractivity contribution in [2.45, 2.75) is 19.8 Å². The van der Waals surface area contributed by atoms with Crippen LogP contribution in [0, 0.1) is 23.0 Å². The maximum atomic E-state index is 12.5. The van der Waals surface area contributed by atoms with E-state index in [2.05, 4.69) is 15.9 Å². The van der Waals surface area contributed by atoms with Crippen molar-refractivity contribution in [3.05, 3.63) is 39.4 Å². The van der Waals surface area contributed by atoms with Crippen molar-refractivity contribution in [2.24, 2.45) is 5.92 Å². The van der Waals surface area contributed by atoms with Gasteiger partial charge in [-0.3, -0.25) is 14.9 Å². The number of carbonyl (C=O) groups excluding carboxylic acids is 1. The third-order valence-corrected chi connectivity index (χ3v) is 4.60. The van der Waals surface area contributed by atoms with Crippen LogP contribution in [-0.2, 0) is 0 Å². The summed E-state index contributed by atoms with van der Waals surface area (Å²) in [7, 11) is 0. The first-order chi connectivity index (χ1) is 9.52. The van der Waals surface area contributed by atoms with E-state index in [1.807, 2.05) is 11.8 Å². The molecule has 1 fully saturated rings. The number of rotatable bonds is 3. The zero-order chi connectivity index (χ0) is 14.7. The van der Waals surface area contributed by atoms with Gasteiger partial charge in [0.2, 0.25) is 0 Å². The van der Waals surface area contributed by atoms with Crippen molar-refractivity contribution < 1.29 is 9.72 Å². The van der Waals surface area contributed by atoms with E-state index in [1.165, 1.54) is 12.1 Å². The predicted molar refractivity (Wildman–Crippen MR) is 80.3 cm³/mol. The van der Waals surface area contributed by atoms with E-state index in [-0.39, 0.29) is 11.6 Å². The van der Waals surface area contributed by atoms with E-state index in [4.69, 9.17) is 0 Å². The SMILES string of the molecule is Cc1ccc([N+](=O)[O-])cc1C(=O)N1CCCC(CBr)C1. The molecule has 6 heteroatoms. The lowest BCUT2D eigenvalue weighted by Crippen LogP contribution is -2.40. The van der Waals surface area contributed by atoms with Gasteiger partial charge in [0.1, 0.15) is 0 Å². The summed E-state index contributed by atoms with van der Waals surface area (Å²) in [5, 5.41) is 11.7.